The lowest BCUT2D eigenvalue weighted by Crippen LogP contribution is -2.33. The molecule has 0 aliphatic carbocycles. The third-order valence-electron chi connectivity index (χ3n) is 4.45. The first-order chi connectivity index (χ1) is 13.6. The molecule has 0 spiro atoms. The fourth-order valence-corrected chi connectivity index (χ4v) is 3.90. The number of carbonyl (C=O) groups is 2. The molecule has 8 heteroatoms. The summed E-state index contributed by atoms with van der Waals surface area (Å²) in [6.07, 6.45) is 1.13. The average Bonchev–Trinajstić information content (AvgIpc) is 3.33. The Morgan fingerprint density at radius 1 is 1.07 bits per heavy atom. The van der Waals surface area contributed by atoms with E-state index >= 15 is 0 Å². The molecule has 0 bridgehead atoms. The number of thioether (sulfide) groups is 1. The van der Waals surface area contributed by atoms with Crippen LogP contribution in [-0.2, 0) is 9.59 Å². The van der Waals surface area contributed by atoms with Gasteiger partial charge in [0.1, 0.15) is 5.82 Å². The monoisotopic (exact) mass is 396 g/mol. The minimum Gasteiger partial charge on any atom is -0.282 e. The molecule has 0 unspecified atom stereocenters. The van der Waals surface area contributed by atoms with Crippen LogP contribution in [0.25, 0.3) is 17.1 Å². The molecule has 1 aliphatic heterocycles. The van der Waals surface area contributed by atoms with Gasteiger partial charge in [0.2, 0.25) is 11.8 Å². The Kier molecular flexibility index (Phi) is 5.21. The average molecular weight is 396 g/mol. The van der Waals surface area contributed by atoms with Crippen molar-refractivity contribution in [2.75, 3.05) is 12.3 Å². The summed E-state index contributed by atoms with van der Waals surface area (Å²) in [6, 6.07) is 15.5. The zero-order valence-electron chi connectivity index (χ0n) is 14.9. The van der Waals surface area contributed by atoms with Crippen molar-refractivity contribution in [1.82, 2.24) is 19.7 Å². The van der Waals surface area contributed by atoms with Gasteiger partial charge in [-0.25, -0.2) is 4.39 Å². The maximum Gasteiger partial charge on any atom is 0.239 e. The van der Waals surface area contributed by atoms with E-state index in [0.717, 1.165) is 5.69 Å². The molecule has 2 aromatic carbocycles. The van der Waals surface area contributed by atoms with Crippen molar-refractivity contribution in [2.45, 2.75) is 18.0 Å². The van der Waals surface area contributed by atoms with Crippen LogP contribution in [-0.4, -0.2) is 43.8 Å². The summed E-state index contributed by atoms with van der Waals surface area (Å²) in [5.74, 6) is -0.0240. The van der Waals surface area contributed by atoms with Crippen LogP contribution >= 0.6 is 11.8 Å². The number of rotatable bonds is 5. The third kappa shape index (κ3) is 3.68. The van der Waals surface area contributed by atoms with Crippen LogP contribution in [0, 0.1) is 5.82 Å². The number of hydrogen-bond acceptors (Lipinski definition) is 5. The lowest BCUT2D eigenvalue weighted by molar-refractivity contribution is -0.140. The molecule has 4 rings (SSSR count). The maximum absolute atomic E-state index is 13.3. The highest BCUT2D eigenvalue weighted by molar-refractivity contribution is 7.99. The van der Waals surface area contributed by atoms with Crippen molar-refractivity contribution in [3.63, 3.8) is 0 Å². The number of halogens is 1. The van der Waals surface area contributed by atoms with Crippen molar-refractivity contribution < 1.29 is 14.0 Å². The second-order valence-electron chi connectivity index (χ2n) is 6.32. The van der Waals surface area contributed by atoms with Crippen LogP contribution in [0.15, 0.2) is 59.8 Å². The number of nitrogens with zero attached hydrogens (tertiary/aromatic N) is 4. The molecule has 6 nitrogen and oxygen atoms in total. The standard InChI is InChI=1S/C20H17FN4O2S/c21-15-10-8-14(9-11-15)19-22-23-20(25(19)16-5-2-1-3-6-16)28-13-18(27)24-12-4-7-17(24)26/h1-3,5-6,8-11H,4,7,12-13H2. The minimum atomic E-state index is -0.329. The molecule has 1 saturated heterocycles. The van der Waals surface area contributed by atoms with Gasteiger partial charge in [0, 0.05) is 24.2 Å². The molecule has 3 aromatic rings. The van der Waals surface area contributed by atoms with E-state index in [-0.39, 0.29) is 23.4 Å². The maximum atomic E-state index is 13.3. The predicted octanol–water partition coefficient (Wildman–Crippen LogP) is 3.31. The lowest BCUT2D eigenvalue weighted by Gasteiger charge is -2.13. The molecule has 1 fully saturated rings. The Labute approximate surface area is 165 Å². The van der Waals surface area contributed by atoms with Gasteiger partial charge in [-0.1, -0.05) is 30.0 Å². The zero-order chi connectivity index (χ0) is 19.5. The molecule has 0 atom stereocenters. The zero-order valence-corrected chi connectivity index (χ0v) is 15.7. The molecular weight excluding hydrogens is 379 g/mol. The largest absolute Gasteiger partial charge is 0.282 e. The molecule has 1 aliphatic rings. The van der Waals surface area contributed by atoms with Gasteiger partial charge in [-0.3, -0.25) is 19.1 Å². The van der Waals surface area contributed by atoms with Crippen molar-refractivity contribution in [1.29, 1.82) is 0 Å². The summed E-state index contributed by atoms with van der Waals surface area (Å²) in [5.41, 5.74) is 1.55. The van der Waals surface area contributed by atoms with E-state index < -0.39 is 0 Å². The van der Waals surface area contributed by atoms with Crippen LogP contribution in [0.5, 0.6) is 0 Å². The van der Waals surface area contributed by atoms with E-state index in [0.29, 0.717) is 35.9 Å². The topological polar surface area (TPSA) is 68.1 Å². The molecule has 142 valence electrons. The molecule has 2 heterocycles. The first-order valence-corrected chi connectivity index (χ1v) is 9.85. The first-order valence-electron chi connectivity index (χ1n) is 8.86. The second kappa shape index (κ2) is 7.93. The Morgan fingerprint density at radius 3 is 2.50 bits per heavy atom. The Balaban J connectivity index is 1.64. The van der Waals surface area contributed by atoms with Crippen molar-refractivity contribution >= 4 is 23.6 Å². The number of para-hydroxylation sites is 1. The number of aromatic nitrogens is 3. The van der Waals surface area contributed by atoms with E-state index in [4.69, 9.17) is 0 Å². The van der Waals surface area contributed by atoms with Crippen molar-refractivity contribution in [2.24, 2.45) is 0 Å². The van der Waals surface area contributed by atoms with Gasteiger partial charge in [0.05, 0.1) is 5.75 Å². The number of likely N-dealkylation sites (tertiary alicyclic amines) is 1. The first kappa shape index (κ1) is 18.4. The van der Waals surface area contributed by atoms with Gasteiger partial charge in [-0.2, -0.15) is 0 Å². The highest BCUT2D eigenvalue weighted by Crippen LogP contribution is 2.28. The fraction of sp³-hybridized carbons (Fsp3) is 0.200. The van der Waals surface area contributed by atoms with E-state index in [9.17, 15) is 14.0 Å². The van der Waals surface area contributed by atoms with Crippen LogP contribution in [0.2, 0.25) is 0 Å². The van der Waals surface area contributed by atoms with E-state index in [1.165, 1.54) is 28.8 Å². The summed E-state index contributed by atoms with van der Waals surface area (Å²) < 4.78 is 15.1. The minimum absolute atomic E-state index is 0.0973. The second-order valence-corrected chi connectivity index (χ2v) is 7.26. The quantitative estimate of drug-likeness (QED) is 0.619. The van der Waals surface area contributed by atoms with Gasteiger partial charge in [-0.15, -0.1) is 10.2 Å². The van der Waals surface area contributed by atoms with Crippen LogP contribution in [0.1, 0.15) is 12.8 Å². The van der Waals surface area contributed by atoms with E-state index in [1.54, 1.807) is 12.1 Å². The Bertz CT molecular complexity index is 1000. The summed E-state index contributed by atoms with van der Waals surface area (Å²) in [4.78, 5) is 25.4. The third-order valence-corrected chi connectivity index (χ3v) is 5.36. The smallest absolute Gasteiger partial charge is 0.239 e. The Hall–Kier alpha value is -3.00. The summed E-state index contributed by atoms with van der Waals surface area (Å²) in [7, 11) is 0. The number of carbonyl (C=O) groups excluding carboxylic acids is 2. The summed E-state index contributed by atoms with van der Waals surface area (Å²) in [5, 5.41) is 9.03. The van der Waals surface area contributed by atoms with E-state index in [2.05, 4.69) is 10.2 Å². The highest BCUT2D eigenvalue weighted by atomic mass is 32.2. The molecule has 0 saturated carbocycles. The van der Waals surface area contributed by atoms with Gasteiger partial charge < -0.3 is 0 Å². The summed E-state index contributed by atoms with van der Waals surface area (Å²) >= 11 is 1.23. The number of benzene rings is 2. The van der Waals surface area contributed by atoms with Gasteiger partial charge in [0.15, 0.2) is 11.0 Å². The van der Waals surface area contributed by atoms with Gasteiger partial charge >= 0.3 is 0 Å². The van der Waals surface area contributed by atoms with Gasteiger partial charge in [0.25, 0.3) is 0 Å². The number of amides is 2. The highest BCUT2D eigenvalue weighted by Gasteiger charge is 2.27. The molecule has 28 heavy (non-hydrogen) atoms. The molecular formula is C20H17FN4O2S. The lowest BCUT2D eigenvalue weighted by atomic mass is 10.2. The number of imide groups is 1. The normalized spacial score (nSPS) is 13.9. The molecule has 1 aromatic heterocycles. The van der Waals surface area contributed by atoms with Crippen LogP contribution < -0.4 is 0 Å². The molecule has 0 radical (unpaired) electrons. The van der Waals surface area contributed by atoms with Crippen molar-refractivity contribution in [3.05, 3.63) is 60.4 Å². The molecule has 0 N–H and O–H groups in total. The van der Waals surface area contributed by atoms with Gasteiger partial charge in [-0.05, 0) is 42.8 Å². The molecule has 2 amide bonds. The summed E-state index contributed by atoms with van der Waals surface area (Å²) in [6.45, 7) is 0.477. The SMILES string of the molecule is O=C1CCCN1C(=O)CSc1nnc(-c2ccc(F)cc2)n1-c1ccccc1. The van der Waals surface area contributed by atoms with Crippen molar-refractivity contribution in [3.8, 4) is 17.1 Å². The fourth-order valence-electron chi connectivity index (χ4n) is 3.08. The van der Waals surface area contributed by atoms with Crippen LogP contribution in [0.4, 0.5) is 4.39 Å². The van der Waals surface area contributed by atoms with E-state index in [1.807, 2.05) is 34.9 Å². The number of hydrogen-bond donors (Lipinski definition) is 0. The van der Waals surface area contributed by atoms with Crippen LogP contribution in [0.3, 0.4) is 0 Å². The predicted molar refractivity (Wildman–Crippen MR) is 103 cm³/mol. The Morgan fingerprint density at radius 2 is 1.82 bits per heavy atom.